The second-order valence-electron chi connectivity index (χ2n) is 7.87. The molecule has 1 aromatic rings. The van der Waals surface area contributed by atoms with Gasteiger partial charge >= 0.3 is 11.9 Å². The van der Waals surface area contributed by atoms with Crippen LogP contribution in [-0.4, -0.2) is 17.0 Å². The van der Waals surface area contributed by atoms with E-state index in [0.29, 0.717) is 5.75 Å². The number of aliphatic carboxylic acids is 1. The van der Waals surface area contributed by atoms with Crippen LogP contribution in [0.3, 0.4) is 0 Å². The van der Waals surface area contributed by atoms with E-state index in [-0.39, 0.29) is 6.42 Å². The summed E-state index contributed by atoms with van der Waals surface area (Å²) in [5.41, 5.74) is 0. The van der Waals surface area contributed by atoms with Crippen LogP contribution >= 0.6 is 12.6 Å². The van der Waals surface area contributed by atoms with Gasteiger partial charge in [-0.2, -0.15) is 0 Å². The molecule has 4 nitrogen and oxygen atoms in total. The Balaban J connectivity index is 2.22. The molecule has 1 rings (SSSR count). The monoisotopic (exact) mass is 434 g/mol. The quantitative estimate of drug-likeness (QED) is 0.0892. The first-order valence-corrected chi connectivity index (χ1v) is 11.9. The van der Waals surface area contributed by atoms with Crippen LogP contribution < -0.4 is 4.74 Å². The molecule has 0 bridgehead atoms. The molecule has 0 amide bonds. The number of carbonyl (C=O) groups is 2. The smallest absolute Gasteiger partial charge is 0.318 e. The summed E-state index contributed by atoms with van der Waals surface area (Å²) < 4.78 is 5.31. The van der Waals surface area contributed by atoms with Gasteiger partial charge in [0.2, 0.25) is 0 Å². The van der Waals surface area contributed by atoms with E-state index in [1.807, 2.05) is 6.08 Å². The minimum atomic E-state index is -1.01. The van der Waals surface area contributed by atoms with Gasteiger partial charge in [-0.15, -0.1) is 12.6 Å². The summed E-state index contributed by atoms with van der Waals surface area (Å²) in [6, 6.07) is 6.74. The molecule has 0 spiro atoms. The van der Waals surface area contributed by atoms with Crippen molar-refractivity contribution in [2.45, 2.75) is 95.3 Å². The number of hydrogen-bond acceptors (Lipinski definition) is 4. The minimum Gasteiger partial charge on any atom is -0.481 e. The Morgan fingerprint density at radius 1 is 0.933 bits per heavy atom. The number of ether oxygens (including phenoxy) is 1. The minimum absolute atomic E-state index is 0.266. The van der Waals surface area contributed by atoms with E-state index >= 15 is 0 Å². The van der Waals surface area contributed by atoms with E-state index in [9.17, 15) is 9.59 Å². The van der Waals surface area contributed by atoms with Crippen LogP contribution in [0.15, 0.2) is 41.3 Å². The van der Waals surface area contributed by atoms with Crippen molar-refractivity contribution in [2.24, 2.45) is 5.92 Å². The molecule has 0 aliphatic rings. The van der Waals surface area contributed by atoms with Crippen molar-refractivity contribution in [3.05, 3.63) is 36.4 Å². The van der Waals surface area contributed by atoms with Gasteiger partial charge < -0.3 is 9.84 Å². The maximum Gasteiger partial charge on any atom is 0.318 e. The van der Waals surface area contributed by atoms with Crippen LogP contribution in [0, 0.1) is 5.92 Å². The molecule has 1 unspecified atom stereocenters. The molecule has 1 aromatic carbocycles. The number of carbonyl (C=O) groups excluding carboxylic acids is 1. The second kappa shape index (κ2) is 17.0. The number of carboxylic acids is 1. The summed E-state index contributed by atoms with van der Waals surface area (Å²) in [4.78, 5) is 24.2. The van der Waals surface area contributed by atoms with Crippen molar-refractivity contribution in [1.82, 2.24) is 0 Å². The van der Waals surface area contributed by atoms with E-state index in [4.69, 9.17) is 9.84 Å². The molecular formula is C25H38O4S. The predicted molar refractivity (Wildman–Crippen MR) is 125 cm³/mol. The number of thiol groups is 1. The molecule has 0 aromatic heterocycles. The van der Waals surface area contributed by atoms with Gasteiger partial charge in [-0.1, -0.05) is 83.3 Å². The Morgan fingerprint density at radius 2 is 1.47 bits per heavy atom. The number of allylic oxidation sites excluding steroid dienone is 1. The standard InChI is InChI=1S/C25H38O4S/c1-2-3-4-5-6-7-8-9-10-11-12-13-14-15-21(20-24(26)27)25(28)29-22-16-18-23(30)19-17-22/h14-19,21,30H,2-13,20H2,1H3,(H,26,27). The highest BCUT2D eigenvalue weighted by atomic mass is 32.1. The lowest BCUT2D eigenvalue weighted by molar-refractivity contribution is -0.144. The highest BCUT2D eigenvalue weighted by molar-refractivity contribution is 7.80. The van der Waals surface area contributed by atoms with E-state index in [1.165, 1.54) is 64.2 Å². The Labute approximate surface area is 187 Å². The summed E-state index contributed by atoms with van der Waals surface area (Å²) in [7, 11) is 0. The maximum absolute atomic E-state index is 12.3. The normalized spacial score (nSPS) is 12.2. The van der Waals surface area contributed by atoms with Crippen molar-refractivity contribution in [2.75, 3.05) is 0 Å². The van der Waals surface area contributed by atoms with Gasteiger partial charge in [-0.3, -0.25) is 9.59 Å². The van der Waals surface area contributed by atoms with Crippen molar-refractivity contribution in [3.8, 4) is 5.75 Å². The van der Waals surface area contributed by atoms with Crippen molar-refractivity contribution < 1.29 is 19.4 Å². The van der Waals surface area contributed by atoms with Gasteiger partial charge in [-0.05, 0) is 37.1 Å². The summed E-state index contributed by atoms with van der Waals surface area (Å²) in [5.74, 6) is -1.93. The van der Waals surface area contributed by atoms with Crippen LogP contribution in [-0.2, 0) is 9.59 Å². The Hall–Kier alpha value is -1.75. The van der Waals surface area contributed by atoms with Crippen molar-refractivity contribution >= 4 is 24.6 Å². The van der Waals surface area contributed by atoms with Gasteiger partial charge in [0.25, 0.3) is 0 Å². The molecule has 5 heteroatoms. The number of benzene rings is 1. The molecule has 168 valence electrons. The average Bonchev–Trinajstić information content (AvgIpc) is 2.72. The third-order valence-electron chi connectivity index (χ3n) is 5.10. The maximum atomic E-state index is 12.3. The SMILES string of the molecule is CCCCCCCCCCCCCC=CC(CC(=O)O)C(=O)Oc1ccc(S)cc1. The van der Waals surface area contributed by atoms with Crippen LogP contribution in [0.5, 0.6) is 5.75 Å². The lowest BCUT2D eigenvalue weighted by atomic mass is 10.0. The van der Waals surface area contributed by atoms with E-state index < -0.39 is 17.9 Å². The molecular weight excluding hydrogens is 396 g/mol. The van der Waals surface area contributed by atoms with Gasteiger partial charge in [0, 0.05) is 4.90 Å². The van der Waals surface area contributed by atoms with Crippen LogP contribution in [0.4, 0.5) is 0 Å². The molecule has 0 heterocycles. The molecule has 1 N–H and O–H groups in total. The van der Waals surface area contributed by atoms with Crippen LogP contribution in [0.25, 0.3) is 0 Å². The summed E-state index contributed by atoms with van der Waals surface area (Å²) >= 11 is 4.19. The highest BCUT2D eigenvalue weighted by Crippen LogP contribution is 2.18. The molecule has 0 saturated heterocycles. The zero-order chi connectivity index (χ0) is 22.0. The van der Waals surface area contributed by atoms with E-state index in [2.05, 4.69) is 19.6 Å². The molecule has 0 fully saturated rings. The first-order valence-electron chi connectivity index (χ1n) is 11.4. The summed E-state index contributed by atoms with van der Waals surface area (Å²) in [6.07, 6.45) is 18.4. The summed E-state index contributed by atoms with van der Waals surface area (Å²) in [6.45, 7) is 2.25. The topological polar surface area (TPSA) is 63.6 Å². The number of carboxylic acid groups (broad SMARTS) is 1. The molecule has 0 aliphatic heterocycles. The largest absolute Gasteiger partial charge is 0.481 e. The fraction of sp³-hybridized carbons (Fsp3) is 0.600. The first kappa shape index (κ1) is 26.3. The van der Waals surface area contributed by atoms with Gasteiger partial charge in [0.15, 0.2) is 0 Å². The highest BCUT2D eigenvalue weighted by Gasteiger charge is 2.21. The molecule has 0 radical (unpaired) electrons. The first-order chi connectivity index (χ1) is 14.5. The fourth-order valence-electron chi connectivity index (χ4n) is 3.31. The zero-order valence-electron chi connectivity index (χ0n) is 18.4. The number of esters is 1. The van der Waals surface area contributed by atoms with E-state index in [0.717, 1.165) is 17.7 Å². The zero-order valence-corrected chi connectivity index (χ0v) is 19.2. The Kier molecular flexibility index (Phi) is 14.9. The van der Waals surface area contributed by atoms with E-state index in [1.54, 1.807) is 30.3 Å². The lowest BCUT2D eigenvalue weighted by Crippen LogP contribution is -2.21. The Bertz CT molecular complexity index is 625. The molecule has 0 aliphatic carbocycles. The summed E-state index contributed by atoms with van der Waals surface area (Å²) in [5, 5.41) is 9.09. The second-order valence-corrected chi connectivity index (χ2v) is 8.39. The van der Waals surface area contributed by atoms with Crippen molar-refractivity contribution in [1.29, 1.82) is 0 Å². The number of unbranched alkanes of at least 4 members (excludes halogenated alkanes) is 11. The third kappa shape index (κ3) is 13.5. The lowest BCUT2D eigenvalue weighted by Gasteiger charge is -2.10. The molecule has 30 heavy (non-hydrogen) atoms. The average molecular weight is 435 g/mol. The Morgan fingerprint density at radius 3 is 2.00 bits per heavy atom. The predicted octanol–water partition coefficient (Wildman–Crippen LogP) is 7.23. The van der Waals surface area contributed by atoms with Gasteiger partial charge in [0.05, 0.1) is 12.3 Å². The fourth-order valence-corrected chi connectivity index (χ4v) is 3.46. The van der Waals surface area contributed by atoms with Gasteiger partial charge in [0.1, 0.15) is 5.75 Å². The number of rotatable bonds is 17. The third-order valence-corrected chi connectivity index (χ3v) is 5.39. The van der Waals surface area contributed by atoms with Crippen molar-refractivity contribution in [3.63, 3.8) is 0 Å². The molecule has 0 saturated carbocycles. The van der Waals surface area contributed by atoms with Crippen LogP contribution in [0.2, 0.25) is 0 Å². The molecule has 1 atom stereocenters. The number of hydrogen-bond donors (Lipinski definition) is 2. The van der Waals surface area contributed by atoms with Crippen LogP contribution in [0.1, 0.15) is 90.4 Å². The van der Waals surface area contributed by atoms with Gasteiger partial charge in [-0.25, -0.2) is 0 Å².